The first-order chi connectivity index (χ1) is 16.3. The number of rotatable bonds is 4. The zero-order valence-corrected chi connectivity index (χ0v) is 18.8. The molecule has 1 aliphatic carbocycles. The van der Waals surface area contributed by atoms with Gasteiger partial charge in [0, 0.05) is 18.8 Å². The predicted molar refractivity (Wildman–Crippen MR) is 126 cm³/mol. The molecule has 180 valence electrons. The van der Waals surface area contributed by atoms with Crippen molar-refractivity contribution in [3.8, 4) is 5.75 Å². The second-order valence-electron chi connectivity index (χ2n) is 8.83. The van der Waals surface area contributed by atoms with Gasteiger partial charge in [-0.2, -0.15) is 13.2 Å². The lowest BCUT2D eigenvalue weighted by molar-refractivity contribution is -0.137. The fourth-order valence-electron chi connectivity index (χ4n) is 4.94. The van der Waals surface area contributed by atoms with E-state index in [1.165, 1.54) is 19.2 Å². The van der Waals surface area contributed by atoms with Crippen molar-refractivity contribution in [3.05, 3.63) is 86.2 Å². The zero-order valence-electron chi connectivity index (χ0n) is 18.8. The Hall–Kier alpha value is -3.29. The van der Waals surface area contributed by atoms with E-state index in [1.807, 2.05) is 36.4 Å². The first kappa shape index (κ1) is 23.9. The average Bonchev–Trinajstić information content (AvgIpc) is 2.86. The van der Waals surface area contributed by atoms with Crippen molar-refractivity contribution < 1.29 is 17.9 Å². The number of nitrogens with one attached hydrogen (secondary N) is 2. The van der Waals surface area contributed by atoms with Crippen molar-refractivity contribution >= 4 is 11.4 Å². The van der Waals surface area contributed by atoms with E-state index in [1.54, 1.807) is 0 Å². The summed E-state index contributed by atoms with van der Waals surface area (Å²) in [6, 6.07) is 15.9. The van der Waals surface area contributed by atoms with E-state index >= 15 is 0 Å². The van der Waals surface area contributed by atoms with E-state index in [0.29, 0.717) is 12.5 Å². The smallest absolute Gasteiger partial charge is 0.416 e. The molecule has 3 aromatic carbocycles. The van der Waals surface area contributed by atoms with Crippen LogP contribution in [0.2, 0.25) is 0 Å². The highest BCUT2D eigenvalue weighted by Crippen LogP contribution is 2.47. The molecule has 1 heterocycles. The molecular formula is C26H27F3N2O3. The number of fused-ring (bicyclic) bond motifs is 3. The topological polar surface area (TPSA) is 67.4 Å². The quantitative estimate of drug-likeness (QED) is 0.521. The Balaban J connectivity index is 0.000000398. The summed E-state index contributed by atoms with van der Waals surface area (Å²) in [6.45, 7) is 1.25. The molecule has 0 amide bonds. The number of benzene rings is 2. The SMILES string of the molecule is COc1c(NCC2CCC3CNc4ccc(C(F)(F)F)cc4C3C2)c(=O)c1=O.c1ccccc1. The van der Waals surface area contributed by atoms with Crippen LogP contribution >= 0.6 is 0 Å². The molecule has 1 saturated carbocycles. The third kappa shape index (κ3) is 4.95. The number of ether oxygens (including phenoxy) is 1. The van der Waals surface area contributed by atoms with Crippen molar-refractivity contribution in [1.29, 1.82) is 0 Å². The molecule has 3 aromatic rings. The molecule has 1 fully saturated rings. The fourth-order valence-corrected chi connectivity index (χ4v) is 4.94. The molecule has 8 heteroatoms. The number of alkyl halides is 3. The number of halogens is 3. The van der Waals surface area contributed by atoms with Crippen molar-refractivity contribution in [2.24, 2.45) is 11.8 Å². The van der Waals surface area contributed by atoms with Crippen molar-refractivity contribution in [2.45, 2.75) is 31.4 Å². The Morgan fingerprint density at radius 3 is 2.32 bits per heavy atom. The summed E-state index contributed by atoms with van der Waals surface area (Å²) >= 11 is 0. The largest absolute Gasteiger partial charge is 0.491 e. The second-order valence-corrected chi connectivity index (χ2v) is 8.83. The standard InChI is InChI=1S/C20H21F3N2O3.C6H6/c1-28-19-16(17(26)18(19)27)25-8-10-2-3-11-9-24-15-5-4-12(20(21,22)23)7-14(15)13(11)6-10;1-2-4-6-5-3-1/h4-5,7,10-11,13,24-25H,2-3,6,8-9H2,1H3;1-6H. The van der Waals surface area contributed by atoms with Crippen LogP contribution in [0, 0.1) is 11.8 Å². The van der Waals surface area contributed by atoms with Gasteiger partial charge < -0.3 is 15.4 Å². The van der Waals surface area contributed by atoms with E-state index in [2.05, 4.69) is 10.6 Å². The first-order valence-electron chi connectivity index (χ1n) is 11.4. The average molecular weight is 473 g/mol. The van der Waals surface area contributed by atoms with E-state index in [9.17, 15) is 22.8 Å². The molecule has 34 heavy (non-hydrogen) atoms. The van der Waals surface area contributed by atoms with Gasteiger partial charge in [0.2, 0.25) is 0 Å². The lowest BCUT2D eigenvalue weighted by Crippen LogP contribution is -2.38. The third-order valence-electron chi connectivity index (χ3n) is 6.74. The van der Waals surface area contributed by atoms with Gasteiger partial charge in [-0.1, -0.05) is 36.4 Å². The summed E-state index contributed by atoms with van der Waals surface area (Å²) in [5.74, 6) is 0.609. The van der Waals surface area contributed by atoms with Crippen molar-refractivity contribution in [1.82, 2.24) is 0 Å². The molecule has 0 radical (unpaired) electrons. The Morgan fingerprint density at radius 2 is 1.71 bits per heavy atom. The maximum Gasteiger partial charge on any atom is 0.416 e. The van der Waals surface area contributed by atoms with Gasteiger partial charge in [-0.3, -0.25) is 9.59 Å². The van der Waals surface area contributed by atoms with Crippen LogP contribution in [0.4, 0.5) is 24.5 Å². The molecule has 2 aliphatic rings. The maximum atomic E-state index is 13.1. The molecule has 0 bridgehead atoms. The van der Waals surface area contributed by atoms with Crippen molar-refractivity contribution in [3.63, 3.8) is 0 Å². The van der Waals surface area contributed by atoms with Crippen LogP contribution in [0.5, 0.6) is 5.75 Å². The van der Waals surface area contributed by atoms with Crippen LogP contribution in [-0.4, -0.2) is 20.2 Å². The summed E-state index contributed by atoms with van der Waals surface area (Å²) in [5.41, 5.74) is -0.121. The summed E-state index contributed by atoms with van der Waals surface area (Å²) < 4.78 is 44.4. The van der Waals surface area contributed by atoms with Gasteiger partial charge in [-0.15, -0.1) is 0 Å². The minimum atomic E-state index is -4.36. The molecule has 5 nitrogen and oxygen atoms in total. The van der Waals surface area contributed by atoms with Gasteiger partial charge in [0.25, 0.3) is 10.9 Å². The zero-order chi connectivity index (χ0) is 24.3. The molecule has 1 aliphatic heterocycles. The Kier molecular flexibility index (Phi) is 6.95. The summed E-state index contributed by atoms with van der Waals surface area (Å²) in [4.78, 5) is 23.1. The molecule has 3 atom stereocenters. The second kappa shape index (κ2) is 9.91. The highest BCUT2D eigenvalue weighted by Gasteiger charge is 2.38. The minimum absolute atomic E-state index is 0.0497. The van der Waals surface area contributed by atoms with Gasteiger partial charge in [0.15, 0.2) is 5.75 Å². The summed E-state index contributed by atoms with van der Waals surface area (Å²) in [7, 11) is 1.34. The highest BCUT2D eigenvalue weighted by atomic mass is 19.4. The van der Waals surface area contributed by atoms with Gasteiger partial charge in [-0.25, -0.2) is 0 Å². The van der Waals surface area contributed by atoms with E-state index in [4.69, 9.17) is 4.74 Å². The van der Waals surface area contributed by atoms with Gasteiger partial charge in [-0.05, 0) is 60.8 Å². The van der Waals surface area contributed by atoms with Crippen molar-refractivity contribution in [2.75, 3.05) is 30.8 Å². The van der Waals surface area contributed by atoms with Crippen LogP contribution in [-0.2, 0) is 6.18 Å². The molecule has 5 rings (SSSR count). The lowest BCUT2D eigenvalue weighted by Gasteiger charge is -2.41. The van der Waals surface area contributed by atoms with E-state index in [0.717, 1.165) is 43.1 Å². The van der Waals surface area contributed by atoms with Crippen LogP contribution < -0.4 is 26.2 Å². The Labute approximate surface area is 195 Å². The van der Waals surface area contributed by atoms with Crippen LogP contribution in [0.3, 0.4) is 0 Å². The van der Waals surface area contributed by atoms with Crippen LogP contribution in [0.15, 0.2) is 64.2 Å². The molecule has 0 aromatic heterocycles. The lowest BCUT2D eigenvalue weighted by atomic mass is 9.69. The fraction of sp³-hybridized carbons (Fsp3) is 0.385. The van der Waals surface area contributed by atoms with Gasteiger partial charge in [0.05, 0.1) is 12.7 Å². The number of hydrogen-bond acceptors (Lipinski definition) is 5. The van der Waals surface area contributed by atoms with Gasteiger partial charge in [0.1, 0.15) is 5.69 Å². The number of methoxy groups -OCH3 is 1. The molecular weight excluding hydrogens is 445 g/mol. The maximum absolute atomic E-state index is 13.1. The van der Waals surface area contributed by atoms with E-state index < -0.39 is 22.6 Å². The molecule has 2 N–H and O–H groups in total. The Bertz CT molecular complexity index is 1160. The highest BCUT2D eigenvalue weighted by molar-refractivity contribution is 5.62. The summed E-state index contributed by atoms with van der Waals surface area (Å²) in [5, 5.41) is 6.27. The van der Waals surface area contributed by atoms with E-state index in [-0.39, 0.29) is 23.3 Å². The molecule has 3 unspecified atom stereocenters. The van der Waals surface area contributed by atoms with Gasteiger partial charge >= 0.3 is 6.18 Å². The number of hydrogen-bond donors (Lipinski definition) is 2. The summed E-state index contributed by atoms with van der Waals surface area (Å²) in [6.07, 6.45) is -1.80. The number of anilines is 2. The monoisotopic (exact) mass is 472 g/mol. The molecule has 0 spiro atoms. The predicted octanol–water partition coefficient (Wildman–Crippen LogP) is 5.03. The third-order valence-corrected chi connectivity index (χ3v) is 6.74. The van der Waals surface area contributed by atoms with Crippen LogP contribution in [0.1, 0.15) is 36.3 Å². The normalized spacial score (nSPS) is 21.4. The minimum Gasteiger partial charge on any atom is -0.491 e. The molecule has 0 saturated heterocycles. The Morgan fingerprint density at radius 1 is 1.03 bits per heavy atom. The van der Waals surface area contributed by atoms with Crippen LogP contribution in [0.25, 0.3) is 0 Å². The first-order valence-corrected chi connectivity index (χ1v) is 11.4.